The van der Waals surface area contributed by atoms with Gasteiger partial charge >= 0.3 is 0 Å². The lowest BCUT2D eigenvalue weighted by atomic mass is 9.95. The molecule has 0 spiro atoms. The number of allylic oxidation sites excluding steroid dienone is 1. The summed E-state index contributed by atoms with van der Waals surface area (Å²) in [5, 5.41) is 0. The van der Waals surface area contributed by atoms with Gasteiger partial charge in [0.15, 0.2) is 0 Å². The highest BCUT2D eigenvalue weighted by Gasteiger charge is 2.38. The van der Waals surface area contributed by atoms with Crippen molar-refractivity contribution in [1.29, 1.82) is 0 Å². The smallest absolute Gasteiger partial charge is 0.0944 e. The van der Waals surface area contributed by atoms with E-state index in [9.17, 15) is 4.21 Å². The topological polar surface area (TPSA) is 26.3 Å². The SMILES string of the molecule is CC1(COC=C2CCCCC2)CS(=O)C1. The third-order valence-corrected chi connectivity index (χ3v) is 5.23. The highest BCUT2D eigenvalue weighted by molar-refractivity contribution is 7.86. The molecule has 0 aromatic heterocycles. The molecular formula is C12H20O2S. The van der Waals surface area contributed by atoms with Crippen LogP contribution in [0.2, 0.25) is 0 Å². The first-order valence-corrected chi connectivity index (χ1v) is 7.31. The average molecular weight is 228 g/mol. The third kappa shape index (κ3) is 3.07. The molecule has 2 fully saturated rings. The van der Waals surface area contributed by atoms with Gasteiger partial charge in [0.2, 0.25) is 0 Å². The average Bonchev–Trinajstić information content (AvgIpc) is 2.17. The molecule has 0 amide bonds. The van der Waals surface area contributed by atoms with E-state index in [2.05, 4.69) is 6.92 Å². The van der Waals surface area contributed by atoms with E-state index >= 15 is 0 Å². The molecule has 86 valence electrons. The van der Waals surface area contributed by atoms with Gasteiger partial charge in [0.05, 0.1) is 12.9 Å². The lowest BCUT2D eigenvalue weighted by molar-refractivity contribution is 0.144. The Hall–Kier alpha value is -0.310. The predicted molar refractivity (Wildman–Crippen MR) is 63.1 cm³/mol. The van der Waals surface area contributed by atoms with Crippen molar-refractivity contribution in [3.8, 4) is 0 Å². The van der Waals surface area contributed by atoms with Crippen LogP contribution in [0.1, 0.15) is 39.0 Å². The standard InChI is InChI=1S/C12H20O2S/c1-12(9-15(13)10-12)8-14-7-11-5-3-2-4-6-11/h7H,2-6,8-10H2,1H3. The molecule has 1 saturated carbocycles. The molecule has 1 heterocycles. The van der Waals surface area contributed by atoms with Crippen LogP contribution in [0.15, 0.2) is 11.8 Å². The van der Waals surface area contributed by atoms with Crippen molar-refractivity contribution in [2.75, 3.05) is 18.1 Å². The van der Waals surface area contributed by atoms with Crippen LogP contribution < -0.4 is 0 Å². The summed E-state index contributed by atoms with van der Waals surface area (Å²) in [4.78, 5) is 0. The Kier molecular flexibility index (Phi) is 3.49. The molecule has 15 heavy (non-hydrogen) atoms. The summed E-state index contributed by atoms with van der Waals surface area (Å²) in [7, 11) is -0.570. The van der Waals surface area contributed by atoms with Crippen molar-refractivity contribution in [1.82, 2.24) is 0 Å². The first-order chi connectivity index (χ1) is 7.18. The molecule has 0 radical (unpaired) electrons. The van der Waals surface area contributed by atoms with Crippen LogP contribution in [0, 0.1) is 5.41 Å². The minimum Gasteiger partial charge on any atom is -0.501 e. The van der Waals surface area contributed by atoms with E-state index in [1.807, 2.05) is 6.26 Å². The van der Waals surface area contributed by atoms with Crippen molar-refractivity contribution in [2.24, 2.45) is 5.41 Å². The largest absolute Gasteiger partial charge is 0.501 e. The minimum absolute atomic E-state index is 0.177. The molecule has 0 bridgehead atoms. The molecule has 2 rings (SSSR count). The fourth-order valence-electron chi connectivity index (χ4n) is 2.30. The summed E-state index contributed by atoms with van der Waals surface area (Å²) in [6.45, 7) is 2.90. The lowest BCUT2D eigenvalue weighted by Crippen LogP contribution is -2.45. The Labute approximate surface area is 94.5 Å². The Morgan fingerprint density at radius 2 is 2.00 bits per heavy atom. The van der Waals surface area contributed by atoms with Crippen molar-refractivity contribution in [3.05, 3.63) is 11.8 Å². The van der Waals surface area contributed by atoms with E-state index in [-0.39, 0.29) is 5.41 Å². The quantitative estimate of drug-likeness (QED) is 0.694. The molecule has 1 saturated heterocycles. The van der Waals surface area contributed by atoms with Crippen molar-refractivity contribution < 1.29 is 8.95 Å². The van der Waals surface area contributed by atoms with Gasteiger partial charge in [0.1, 0.15) is 0 Å². The molecular weight excluding hydrogens is 208 g/mol. The molecule has 1 aliphatic carbocycles. The van der Waals surface area contributed by atoms with Gasteiger partial charge < -0.3 is 4.74 Å². The molecule has 3 heteroatoms. The van der Waals surface area contributed by atoms with E-state index in [1.165, 1.54) is 37.7 Å². The van der Waals surface area contributed by atoms with E-state index in [4.69, 9.17) is 4.74 Å². The summed E-state index contributed by atoms with van der Waals surface area (Å²) < 4.78 is 16.7. The third-order valence-electron chi connectivity index (χ3n) is 3.20. The molecule has 0 unspecified atom stereocenters. The minimum atomic E-state index is -0.570. The van der Waals surface area contributed by atoms with E-state index in [1.54, 1.807) is 0 Å². The molecule has 2 nitrogen and oxygen atoms in total. The van der Waals surface area contributed by atoms with Crippen molar-refractivity contribution in [3.63, 3.8) is 0 Å². The number of rotatable bonds is 3. The molecule has 0 N–H and O–H groups in total. The zero-order valence-corrected chi connectivity index (χ0v) is 10.3. The van der Waals surface area contributed by atoms with Crippen molar-refractivity contribution in [2.45, 2.75) is 39.0 Å². The second-order valence-corrected chi connectivity index (χ2v) is 6.64. The van der Waals surface area contributed by atoms with Gasteiger partial charge in [-0.2, -0.15) is 0 Å². The summed E-state index contributed by atoms with van der Waals surface area (Å²) in [5.41, 5.74) is 1.64. The number of hydrogen-bond donors (Lipinski definition) is 0. The Balaban J connectivity index is 1.71. The van der Waals surface area contributed by atoms with Gasteiger partial charge in [-0.15, -0.1) is 0 Å². The molecule has 2 aliphatic rings. The van der Waals surface area contributed by atoms with Gasteiger partial charge in [-0.05, 0) is 31.3 Å². The fraction of sp³-hybridized carbons (Fsp3) is 0.833. The summed E-state index contributed by atoms with van der Waals surface area (Å²) in [6.07, 6.45) is 8.39. The Morgan fingerprint density at radius 3 is 2.60 bits per heavy atom. The van der Waals surface area contributed by atoms with Crippen molar-refractivity contribution >= 4 is 10.8 Å². The normalized spacial score (nSPS) is 35.8. The molecule has 0 aromatic carbocycles. The van der Waals surface area contributed by atoms with Gasteiger partial charge in [-0.1, -0.05) is 13.3 Å². The van der Waals surface area contributed by atoms with Crippen LogP contribution in [0.3, 0.4) is 0 Å². The highest BCUT2D eigenvalue weighted by atomic mass is 32.2. The zero-order chi connectivity index (χ0) is 10.7. The predicted octanol–water partition coefficient (Wildman–Crippen LogP) is 2.62. The maximum absolute atomic E-state index is 11.0. The number of hydrogen-bond acceptors (Lipinski definition) is 2. The second kappa shape index (κ2) is 4.69. The summed E-state index contributed by atoms with van der Waals surface area (Å²) in [6, 6.07) is 0. The second-order valence-electron chi connectivity index (χ2n) is 5.19. The first-order valence-electron chi connectivity index (χ1n) is 5.82. The zero-order valence-electron chi connectivity index (χ0n) is 9.46. The van der Waals surface area contributed by atoms with Gasteiger partial charge in [-0.25, -0.2) is 0 Å². The van der Waals surface area contributed by atoms with Gasteiger partial charge in [0.25, 0.3) is 0 Å². The van der Waals surface area contributed by atoms with Crippen LogP contribution in [0.4, 0.5) is 0 Å². The van der Waals surface area contributed by atoms with E-state index < -0.39 is 10.8 Å². The highest BCUT2D eigenvalue weighted by Crippen LogP contribution is 2.30. The summed E-state index contributed by atoms with van der Waals surface area (Å²) >= 11 is 0. The van der Waals surface area contributed by atoms with Crippen LogP contribution in [0.5, 0.6) is 0 Å². The summed E-state index contributed by atoms with van der Waals surface area (Å²) in [5.74, 6) is 1.63. The van der Waals surface area contributed by atoms with E-state index in [0.717, 1.165) is 18.1 Å². The van der Waals surface area contributed by atoms with E-state index in [0.29, 0.717) is 0 Å². The number of ether oxygens (including phenoxy) is 1. The van der Waals surface area contributed by atoms with Gasteiger partial charge in [-0.3, -0.25) is 4.21 Å². The Morgan fingerprint density at radius 1 is 1.33 bits per heavy atom. The van der Waals surface area contributed by atoms with Crippen LogP contribution in [-0.4, -0.2) is 22.3 Å². The molecule has 0 aromatic rings. The fourth-order valence-corrected chi connectivity index (χ4v) is 3.94. The first kappa shape index (κ1) is 11.2. The maximum atomic E-state index is 11.0. The van der Waals surface area contributed by atoms with Crippen LogP contribution >= 0.6 is 0 Å². The monoisotopic (exact) mass is 228 g/mol. The van der Waals surface area contributed by atoms with Gasteiger partial charge in [0, 0.05) is 27.7 Å². The van der Waals surface area contributed by atoms with Crippen LogP contribution in [-0.2, 0) is 15.5 Å². The molecule has 0 atom stereocenters. The lowest BCUT2D eigenvalue weighted by Gasteiger charge is -2.36. The Bertz CT molecular complexity index is 267. The van der Waals surface area contributed by atoms with Crippen LogP contribution in [0.25, 0.3) is 0 Å². The molecule has 1 aliphatic heterocycles. The maximum Gasteiger partial charge on any atom is 0.0944 e.